The Kier molecular flexibility index (Phi) is 4.07. The van der Waals surface area contributed by atoms with Gasteiger partial charge in [-0.1, -0.05) is 5.92 Å². The van der Waals surface area contributed by atoms with Crippen molar-refractivity contribution < 1.29 is 0 Å². The molecule has 1 aromatic heterocycles. The van der Waals surface area contributed by atoms with Crippen LogP contribution in [-0.4, -0.2) is 16.3 Å². The van der Waals surface area contributed by atoms with Crippen molar-refractivity contribution in [1.82, 2.24) is 15.1 Å². The van der Waals surface area contributed by atoms with Gasteiger partial charge in [-0.2, -0.15) is 5.10 Å². The van der Waals surface area contributed by atoms with Crippen LogP contribution in [0.4, 0.5) is 0 Å². The Morgan fingerprint density at radius 3 is 3.08 bits per heavy atom. The lowest BCUT2D eigenvalue weighted by atomic mass is 10.3. The maximum atomic E-state index is 4.17. The third kappa shape index (κ3) is 3.30. The van der Waals surface area contributed by atoms with E-state index in [0.29, 0.717) is 0 Å². The first kappa shape index (κ1) is 9.82. The summed E-state index contributed by atoms with van der Waals surface area (Å²) >= 11 is 0. The first-order valence-electron chi connectivity index (χ1n) is 4.48. The highest BCUT2D eigenvalue weighted by Gasteiger charge is 1.94. The van der Waals surface area contributed by atoms with Crippen molar-refractivity contribution in [2.45, 2.75) is 26.9 Å². The van der Waals surface area contributed by atoms with Gasteiger partial charge in [0.05, 0.1) is 12.7 Å². The predicted octanol–water partition coefficient (Wildman–Crippen LogP) is 1.02. The first-order valence-corrected chi connectivity index (χ1v) is 4.48. The summed E-state index contributed by atoms with van der Waals surface area (Å²) in [7, 11) is 0. The first-order chi connectivity index (χ1) is 6.36. The van der Waals surface area contributed by atoms with Crippen molar-refractivity contribution in [3.63, 3.8) is 0 Å². The van der Waals surface area contributed by atoms with Gasteiger partial charge in [0, 0.05) is 24.8 Å². The number of aryl methyl sites for hydroxylation is 1. The van der Waals surface area contributed by atoms with Crippen LogP contribution in [0, 0.1) is 11.8 Å². The van der Waals surface area contributed by atoms with Crippen molar-refractivity contribution in [3.8, 4) is 11.8 Å². The Morgan fingerprint density at radius 1 is 1.62 bits per heavy atom. The van der Waals surface area contributed by atoms with Gasteiger partial charge in [-0.3, -0.25) is 4.68 Å². The second-order valence-corrected chi connectivity index (χ2v) is 2.73. The fraction of sp³-hybridized carbons (Fsp3) is 0.500. The molecule has 0 atom stereocenters. The summed E-state index contributed by atoms with van der Waals surface area (Å²) in [5, 5.41) is 7.39. The predicted molar refractivity (Wildman–Crippen MR) is 53.1 cm³/mol. The second kappa shape index (κ2) is 5.39. The van der Waals surface area contributed by atoms with Crippen LogP contribution in [0.1, 0.15) is 19.4 Å². The van der Waals surface area contributed by atoms with Gasteiger partial charge in [0.2, 0.25) is 0 Å². The molecule has 0 aliphatic rings. The van der Waals surface area contributed by atoms with E-state index in [-0.39, 0.29) is 0 Å². The van der Waals surface area contributed by atoms with Crippen molar-refractivity contribution in [1.29, 1.82) is 0 Å². The normalized spacial score (nSPS) is 9.38. The Labute approximate surface area is 79.1 Å². The van der Waals surface area contributed by atoms with Gasteiger partial charge in [-0.25, -0.2) is 0 Å². The molecule has 0 bridgehead atoms. The molecule has 0 spiro atoms. The number of nitrogens with zero attached hydrogens (tertiary/aromatic N) is 2. The van der Waals surface area contributed by atoms with E-state index in [2.05, 4.69) is 29.2 Å². The standard InChI is InChI=1S/C10H15N3/c1-3-5-6-11-7-10-8-12-13(4-2)9-10/h8-9,11H,4,6-7H2,1-2H3. The maximum Gasteiger partial charge on any atom is 0.0579 e. The summed E-state index contributed by atoms with van der Waals surface area (Å²) in [6.07, 6.45) is 3.93. The van der Waals surface area contributed by atoms with E-state index in [0.717, 1.165) is 19.6 Å². The lowest BCUT2D eigenvalue weighted by Gasteiger charge is -1.95. The zero-order valence-corrected chi connectivity index (χ0v) is 8.17. The zero-order valence-electron chi connectivity index (χ0n) is 8.17. The van der Waals surface area contributed by atoms with Crippen molar-refractivity contribution in [2.24, 2.45) is 0 Å². The topological polar surface area (TPSA) is 29.9 Å². The van der Waals surface area contributed by atoms with Crippen LogP contribution < -0.4 is 5.32 Å². The molecule has 0 radical (unpaired) electrons. The van der Waals surface area contributed by atoms with Crippen LogP contribution in [0.2, 0.25) is 0 Å². The van der Waals surface area contributed by atoms with E-state index in [1.165, 1.54) is 5.56 Å². The summed E-state index contributed by atoms with van der Waals surface area (Å²) in [5.74, 6) is 5.79. The van der Waals surface area contributed by atoms with Crippen LogP contribution in [0.5, 0.6) is 0 Å². The van der Waals surface area contributed by atoms with Crippen LogP contribution >= 0.6 is 0 Å². The third-order valence-electron chi connectivity index (χ3n) is 1.73. The summed E-state index contributed by atoms with van der Waals surface area (Å²) in [6, 6.07) is 0. The summed E-state index contributed by atoms with van der Waals surface area (Å²) in [4.78, 5) is 0. The highest BCUT2D eigenvalue weighted by atomic mass is 15.3. The fourth-order valence-electron chi connectivity index (χ4n) is 1.03. The highest BCUT2D eigenvalue weighted by Crippen LogP contribution is 1.95. The molecule has 0 fully saturated rings. The van der Waals surface area contributed by atoms with Crippen LogP contribution in [0.15, 0.2) is 12.4 Å². The van der Waals surface area contributed by atoms with Crippen LogP contribution in [-0.2, 0) is 13.1 Å². The SMILES string of the molecule is CC#CCNCc1cnn(CC)c1. The molecule has 3 nitrogen and oxygen atoms in total. The Balaban J connectivity index is 2.31. The van der Waals surface area contributed by atoms with Crippen LogP contribution in [0.3, 0.4) is 0 Å². The molecule has 0 saturated heterocycles. The molecule has 0 aliphatic heterocycles. The molecule has 0 aromatic carbocycles. The molecule has 1 aromatic rings. The molecule has 0 saturated carbocycles. The Morgan fingerprint density at radius 2 is 2.46 bits per heavy atom. The van der Waals surface area contributed by atoms with Crippen molar-refractivity contribution >= 4 is 0 Å². The molecule has 0 aliphatic carbocycles. The molecule has 13 heavy (non-hydrogen) atoms. The minimum atomic E-state index is 0.744. The number of hydrogen-bond donors (Lipinski definition) is 1. The minimum Gasteiger partial charge on any atom is -0.302 e. The molecule has 70 valence electrons. The second-order valence-electron chi connectivity index (χ2n) is 2.73. The highest BCUT2D eigenvalue weighted by molar-refractivity contribution is 5.04. The smallest absolute Gasteiger partial charge is 0.0579 e. The van der Waals surface area contributed by atoms with Gasteiger partial charge >= 0.3 is 0 Å². The van der Waals surface area contributed by atoms with Crippen molar-refractivity contribution in [2.75, 3.05) is 6.54 Å². The molecule has 3 heteroatoms. The van der Waals surface area contributed by atoms with E-state index < -0.39 is 0 Å². The van der Waals surface area contributed by atoms with Gasteiger partial charge in [0.1, 0.15) is 0 Å². The van der Waals surface area contributed by atoms with Gasteiger partial charge < -0.3 is 5.32 Å². The number of nitrogens with one attached hydrogen (secondary N) is 1. The molecule has 0 unspecified atom stereocenters. The molecule has 1 rings (SSSR count). The third-order valence-corrected chi connectivity index (χ3v) is 1.73. The van der Waals surface area contributed by atoms with E-state index in [9.17, 15) is 0 Å². The Bertz CT molecular complexity index is 303. The minimum absolute atomic E-state index is 0.744. The van der Waals surface area contributed by atoms with E-state index >= 15 is 0 Å². The maximum absolute atomic E-state index is 4.17. The lowest BCUT2D eigenvalue weighted by molar-refractivity contribution is 0.658. The van der Waals surface area contributed by atoms with E-state index in [4.69, 9.17) is 0 Å². The van der Waals surface area contributed by atoms with E-state index in [1.807, 2.05) is 24.0 Å². The molecular weight excluding hydrogens is 162 g/mol. The largest absolute Gasteiger partial charge is 0.302 e. The van der Waals surface area contributed by atoms with E-state index in [1.54, 1.807) is 0 Å². The summed E-state index contributed by atoms with van der Waals surface area (Å²) < 4.78 is 1.92. The van der Waals surface area contributed by atoms with Gasteiger partial charge in [-0.15, -0.1) is 5.92 Å². The van der Waals surface area contributed by atoms with Gasteiger partial charge in [0.15, 0.2) is 0 Å². The number of aromatic nitrogens is 2. The Hall–Kier alpha value is -1.27. The zero-order chi connectivity index (χ0) is 9.52. The monoisotopic (exact) mass is 177 g/mol. The summed E-state index contributed by atoms with van der Waals surface area (Å²) in [5.41, 5.74) is 1.21. The summed E-state index contributed by atoms with van der Waals surface area (Å²) in [6.45, 7) is 6.43. The molecular formula is C10H15N3. The quantitative estimate of drug-likeness (QED) is 0.549. The average molecular weight is 177 g/mol. The molecule has 1 N–H and O–H groups in total. The number of rotatable bonds is 4. The van der Waals surface area contributed by atoms with Gasteiger partial charge in [0.25, 0.3) is 0 Å². The number of hydrogen-bond acceptors (Lipinski definition) is 2. The van der Waals surface area contributed by atoms with Crippen LogP contribution in [0.25, 0.3) is 0 Å². The van der Waals surface area contributed by atoms with Gasteiger partial charge in [-0.05, 0) is 13.8 Å². The lowest BCUT2D eigenvalue weighted by Crippen LogP contribution is -2.12. The van der Waals surface area contributed by atoms with Crippen molar-refractivity contribution in [3.05, 3.63) is 18.0 Å². The fourth-order valence-corrected chi connectivity index (χ4v) is 1.03. The molecule has 1 heterocycles. The molecule has 0 amide bonds. The average Bonchev–Trinajstić information content (AvgIpc) is 2.60.